The van der Waals surface area contributed by atoms with E-state index >= 15 is 0 Å². The molecule has 0 aliphatic rings. The van der Waals surface area contributed by atoms with Gasteiger partial charge in [-0.3, -0.25) is 9.79 Å². The quantitative estimate of drug-likeness (QED) is 0.455. The van der Waals surface area contributed by atoms with Crippen LogP contribution in [0.25, 0.3) is 11.3 Å². The Bertz CT molecular complexity index is 728. The van der Waals surface area contributed by atoms with E-state index in [0.717, 1.165) is 11.8 Å². The lowest BCUT2D eigenvalue weighted by Gasteiger charge is -2.01. The molecule has 0 unspecified atom stereocenters. The van der Waals surface area contributed by atoms with E-state index in [1.165, 1.54) is 0 Å². The van der Waals surface area contributed by atoms with Crippen LogP contribution in [-0.4, -0.2) is 36.0 Å². The number of nitrogens with one attached hydrogen (secondary N) is 1. The summed E-state index contributed by atoms with van der Waals surface area (Å²) in [5, 5.41) is 9.61. The van der Waals surface area contributed by atoms with Gasteiger partial charge in [-0.25, -0.2) is 8.78 Å². The molecule has 24 heavy (non-hydrogen) atoms. The monoisotopic (exact) mass is 335 g/mol. The second-order valence-electron chi connectivity index (χ2n) is 4.63. The minimum absolute atomic E-state index is 0.0420. The van der Waals surface area contributed by atoms with E-state index in [0.29, 0.717) is 11.5 Å². The highest BCUT2D eigenvalue weighted by molar-refractivity contribution is 6.60. The number of amides is 1. The third kappa shape index (κ3) is 4.97. The normalized spacial score (nSPS) is 12.0. The van der Waals surface area contributed by atoms with Gasteiger partial charge >= 0.3 is 0 Å². The fraction of sp³-hybridized carbons (Fsp3) is 0.200. The molecule has 0 saturated carbocycles. The van der Waals surface area contributed by atoms with Gasteiger partial charge in [0.15, 0.2) is 11.5 Å². The van der Waals surface area contributed by atoms with Crippen LogP contribution in [0.2, 0.25) is 0 Å². The molecular formula is C15H15F2N5O2. The van der Waals surface area contributed by atoms with Gasteiger partial charge in [0.2, 0.25) is 0 Å². The zero-order valence-corrected chi connectivity index (χ0v) is 12.5. The molecule has 0 atom stereocenters. The van der Waals surface area contributed by atoms with Crippen molar-refractivity contribution in [1.82, 2.24) is 10.5 Å². The van der Waals surface area contributed by atoms with Crippen LogP contribution in [0.4, 0.5) is 8.78 Å². The summed E-state index contributed by atoms with van der Waals surface area (Å²) in [4.78, 5) is 15.2. The maximum absolute atomic E-state index is 12.0. The molecule has 0 aliphatic heterocycles. The maximum Gasteiger partial charge on any atom is 0.273 e. The highest BCUT2D eigenvalue weighted by Crippen LogP contribution is 2.18. The van der Waals surface area contributed by atoms with Gasteiger partial charge in [0.05, 0.1) is 19.3 Å². The minimum atomic E-state index is -2.60. The molecule has 2 aromatic rings. The number of carbonyl (C=O) groups excluding carboxylic acids is 1. The molecule has 126 valence electrons. The molecule has 1 aromatic carbocycles. The van der Waals surface area contributed by atoms with E-state index in [1.54, 1.807) is 6.07 Å². The van der Waals surface area contributed by atoms with Crippen LogP contribution < -0.4 is 11.2 Å². The van der Waals surface area contributed by atoms with Crippen LogP contribution in [0.15, 0.2) is 51.0 Å². The molecule has 0 spiro atoms. The zero-order chi connectivity index (χ0) is 17.4. The third-order valence-corrected chi connectivity index (χ3v) is 2.88. The number of alkyl halides is 2. The molecule has 9 heteroatoms. The highest BCUT2D eigenvalue weighted by Gasteiger charge is 2.12. The average Bonchev–Trinajstić information content (AvgIpc) is 3.06. The first kappa shape index (κ1) is 17.3. The summed E-state index contributed by atoms with van der Waals surface area (Å²) in [7, 11) is 0. The van der Waals surface area contributed by atoms with Crippen LogP contribution in [0, 0.1) is 0 Å². The van der Waals surface area contributed by atoms with E-state index < -0.39 is 18.9 Å². The average molecular weight is 335 g/mol. The van der Waals surface area contributed by atoms with Crippen LogP contribution in [0.5, 0.6) is 0 Å². The molecular weight excluding hydrogens is 320 g/mol. The Hall–Kier alpha value is -3.10. The van der Waals surface area contributed by atoms with Gasteiger partial charge in [0, 0.05) is 11.6 Å². The molecule has 0 radical (unpaired) electrons. The molecule has 1 amide bonds. The number of hydrogen-bond donors (Lipinski definition) is 2. The number of aromatic nitrogens is 1. The molecule has 7 nitrogen and oxygen atoms in total. The Morgan fingerprint density at radius 2 is 2.12 bits per heavy atom. The van der Waals surface area contributed by atoms with E-state index in [1.807, 2.05) is 30.3 Å². The zero-order valence-electron chi connectivity index (χ0n) is 12.5. The summed E-state index contributed by atoms with van der Waals surface area (Å²) in [5.74, 6) is 4.81. The van der Waals surface area contributed by atoms with Gasteiger partial charge in [0.1, 0.15) is 5.69 Å². The van der Waals surface area contributed by atoms with Crippen molar-refractivity contribution in [2.45, 2.75) is 13.0 Å². The Morgan fingerprint density at radius 3 is 2.79 bits per heavy atom. The molecule has 0 saturated heterocycles. The van der Waals surface area contributed by atoms with E-state index in [2.05, 4.69) is 20.6 Å². The summed E-state index contributed by atoms with van der Waals surface area (Å²) in [6.45, 7) is -0.685. The third-order valence-electron chi connectivity index (χ3n) is 2.88. The van der Waals surface area contributed by atoms with E-state index in [9.17, 15) is 13.6 Å². The second kappa shape index (κ2) is 8.51. The molecule has 0 bridgehead atoms. The topological polar surface area (TPSA) is 106 Å². The van der Waals surface area contributed by atoms with Crippen LogP contribution in [-0.2, 0) is 11.3 Å². The smallest absolute Gasteiger partial charge is 0.273 e. The van der Waals surface area contributed by atoms with Gasteiger partial charge < -0.3 is 15.7 Å². The SMILES string of the molecule is N/N=C(\C=NCC(F)F)C(=O)NCc1cc(-c2ccccc2)no1. The van der Waals surface area contributed by atoms with Crippen molar-refractivity contribution in [3.05, 3.63) is 42.2 Å². The lowest BCUT2D eigenvalue weighted by atomic mass is 10.1. The first-order valence-corrected chi connectivity index (χ1v) is 6.95. The lowest BCUT2D eigenvalue weighted by Crippen LogP contribution is -2.32. The van der Waals surface area contributed by atoms with E-state index in [4.69, 9.17) is 10.4 Å². The predicted octanol–water partition coefficient (Wildman–Crippen LogP) is 1.61. The Balaban J connectivity index is 1.92. The number of hydrazone groups is 1. The largest absolute Gasteiger partial charge is 0.359 e. The van der Waals surface area contributed by atoms with Crippen LogP contribution >= 0.6 is 0 Å². The number of carbonyl (C=O) groups is 1. The molecule has 3 N–H and O–H groups in total. The van der Waals surface area contributed by atoms with Crippen molar-refractivity contribution >= 4 is 17.8 Å². The van der Waals surface area contributed by atoms with Crippen LogP contribution in [0.1, 0.15) is 5.76 Å². The summed E-state index contributed by atoms with van der Waals surface area (Å²) >= 11 is 0. The van der Waals surface area contributed by atoms with Crippen molar-refractivity contribution in [1.29, 1.82) is 0 Å². The highest BCUT2D eigenvalue weighted by atomic mass is 19.3. The molecule has 0 aliphatic carbocycles. The molecule has 1 heterocycles. The van der Waals surface area contributed by atoms with Crippen molar-refractivity contribution in [2.24, 2.45) is 15.9 Å². The van der Waals surface area contributed by atoms with Crippen molar-refractivity contribution in [2.75, 3.05) is 6.54 Å². The number of halogens is 2. The summed E-state index contributed by atoms with van der Waals surface area (Å²) < 4.78 is 29.1. The van der Waals surface area contributed by atoms with Crippen LogP contribution in [0.3, 0.4) is 0 Å². The lowest BCUT2D eigenvalue weighted by molar-refractivity contribution is -0.114. The second-order valence-corrected chi connectivity index (χ2v) is 4.63. The predicted molar refractivity (Wildman–Crippen MR) is 84.8 cm³/mol. The Labute approximate surface area is 136 Å². The minimum Gasteiger partial charge on any atom is -0.359 e. The first-order chi connectivity index (χ1) is 11.6. The molecule has 2 rings (SSSR count). The fourth-order valence-corrected chi connectivity index (χ4v) is 1.77. The summed E-state index contributed by atoms with van der Waals surface area (Å²) in [6, 6.07) is 11.0. The number of nitrogens with two attached hydrogens (primary N) is 1. The molecule has 0 fully saturated rings. The van der Waals surface area contributed by atoms with Crippen molar-refractivity contribution in [3.8, 4) is 11.3 Å². The fourth-order valence-electron chi connectivity index (χ4n) is 1.77. The number of benzene rings is 1. The summed E-state index contributed by atoms with van der Waals surface area (Å²) in [6.07, 6.45) is -1.70. The van der Waals surface area contributed by atoms with Crippen molar-refractivity contribution < 1.29 is 18.1 Å². The first-order valence-electron chi connectivity index (χ1n) is 6.95. The van der Waals surface area contributed by atoms with E-state index in [-0.39, 0.29) is 12.3 Å². The van der Waals surface area contributed by atoms with Crippen molar-refractivity contribution in [3.63, 3.8) is 0 Å². The maximum atomic E-state index is 12.0. The number of nitrogens with zero attached hydrogens (tertiary/aromatic N) is 3. The number of aliphatic imine (C=N–C) groups is 1. The number of hydrogen-bond acceptors (Lipinski definition) is 6. The summed E-state index contributed by atoms with van der Waals surface area (Å²) in [5.41, 5.74) is 1.24. The van der Waals surface area contributed by atoms with Gasteiger partial charge in [0.25, 0.3) is 12.3 Å². The Morgan fingerprint density at radius 1 is 1.38 bits per heavy atom. The van der Waals surface area contributed by atoms with Gasteiger partial charge in [-0.05, 0) is 0 Å². The molecule has 1 aromatic heterocycles. The van der Waals surface area contributed by atoms with Gasteiger partial charge in [-0.1, -0.05) is 35.5 Å². The van der Waals surface area contributed by atoms with Gasteiger partial charge in [-0.2, -0.15) is 5.10 Å². The standard InChI is InChI=1S/C15H15F2N5O2/c16-14(17)9-19-8-13(21-18)15(23)20-7-11-6-12(22-24-11)10-4-2-1-3-5-10/h1-6,8,14H,7,9,18H2,(H,20,23)/b19-8?,21-13+. The number of rotatable bonds is 7. The Kier molecular flexibility index (Phi) is 6.12. The van der Waals surface area contributed by atoms with Gasteiger partial charge in [-0.15, -0.1) is 0 Å².